The zero-order valence-electron chi connectivity index (χ0n) is 12.2. The van der Waals surface area contributed by atoms with E-state index in [1.807, 2.05) is 0 Å². The van der Waals surface area contributed by atoms with Crippen molar-refractivity contribution in [1.82, 2.24) is 9.71 Å². The van der Waals surface area contributed by atoms with Gasteiger partial charge in [0.2, 0.25) is 10.0 Å². The third kappa shape index (κ3) is 4.08. The molecule has 7 heteroatoms. The van der Waals surface area contributed by atoms with Crippen LogP contribution < -0.4 is 4.72 Å². The highest BCUT2D eigenvalue weighted by atomic mass is 32.2. The number of carboxylic acids is 1. The standard InChI is InChI=1S/C13H22N2O4S/c1-8(2)11(9(3)4)7-15-20(18,19)10-5-12(13(16)17)14-6-10/h5-6,8-9,11,14-15H,7H2,1-4H3,(H,16,17). The fraction of sp³-hybridized carbons (Fsp3) is 0.615. The number of carboxylic acid groups (broad SMARTS) is 1. The molecular formula is C13H22N2O4S. The second kappa shape index (κ2) is 6.41. The Balaban J connectivity index is 2.81. The predicted molar refractivity (Wildman–Crippen MR) is 76.1 cm³/mol. The predicted octanol–water partition coefficient (Wildman–Crippen LogP) is 1.92. The third-order valence-corrected chi connectivity index (χ3v) is 4.82. The van der Waals surface area contributed by atoms with Crippen LogP contribution in [0.25, 0.3) is 0 Å². The van der Waals surface area contributed by atoms with Gasteiger partial charge in [0.15, 0.2) is 0 Å². The number of aromatic nitrogens is 1. The number of aromatic carboxylic acids is 1. The van der Waals surface area contributed by atoms with Gasteiger partial charge in [0.1, 0.15) is 10.6 Å². The lowest BCUT2D eigenvalue weighted by molar-refractivity contribution is 0.0691. The summed E-state index contributed by atoms with van der Waals surface area (Å²) in [6, 6.07) is 1.12. The van der Waals surface area contributed by atoms with Crippen LogP contribution in [-0.4, -0.2) is 31.0 Å². The molecule has 1 rings (SSSR count). The number of carbonyl (C=O) groups is 1. The van der Waals surface area contributed by atoms with Crippen LogP contribution in [0.2, 0.25) is 0 Å². The van der Waals surface area contributed by atoms with E-state index in [1.165, 1.54) is 6.20 Å². The van der Waals surface area contributed by atoms with Crippen LogP contribution in [-0.2, 0) is 10.0 Å². The van der Waals surface area contributed by atoms with E-state index in [9.17, 15) is 13.2 Å². The van der Waals surface area contributed by atoms with Crippen molar-refractivity contribution in [3.05, 3.63) is 18.0 Å². The molecule has 0 aliphatic rings. The van der Waals surface area contributed by atoms with E-state index in [4.69, 9.17) is 5.11 Å². The van der Waals surface area contributed by atoms with Crippen molar-refractivity contribution in [3.8, 4) is 0 Å². The summed E-state index contributed by atoms with van der Waals surface area (Å²) in [6.45, 7) is 8.55. The minimum absolute atomic E-state index is 0.0545. The number of aromatic amines is 1. The van der Waals surface area contributed by atoms with Crippen LogP contribution in [0.4, 0.5) is 0 Å². The van der Waals surface area contributed by atoms with Gasteiger partial charge in [0.25, 0.3) is 0 Å². The lowest BCUT2D eigenvalue weighted by Crippen LogP contribution is -2.33. The quantitative estimate of drug-likeness (QED) is 0.716. The Labute approximate surface area is 119 Å². The Morgan fingerprint density at radius 1 is 1.30 bits per heavy atom. The Morgan fingerprint density at radius 3 is 2.25 bits per heavy atom. The van der Waals surface area contributed by atoms with Crippen LogP contribution in [0.1, 0.15) is 38.2 Å². The topological polar surface area (TPSA) is 99.3 Å². The van der Waals surface area contributed by atoms with Gasteiger partial charge in [-0.25, -0.2) is 17.9 Å². The largest absolute Gasteiger partial charge is 0.477 e. The number of nitrogens with one attached hydrogen (secondary N) is 2. The maximum Gasteiger partial charge on any atom is 0.352 e. The van der Waals surface area contributed by atoms with Crippen LogP contribution in [0.15, 0.2) is 17.2 Å². The summed E-state index contributed by atoms with van der Waals surface area (Å²) in [5.41, 5.74) is -0.144. The van der Waals surface area contributed by atoms with Gasteiger partial charge in [-0.1, -0.05) is 27.7 Å². The van der Waals surface area contributed by atoms with Gasteiger partial charge >= 0.3 is 5.97 Å². The highest BCUT2D eigenvalue weighted by Gasteiger charge is 2.23. The summed E-state index contributed by atoms with van der Waals surface area (Å²) in [4.78, 5) is 13.1. The summed E-state index contributed by atoms with van der Waals surface area (Å²) >= 11 is 0. The van der Waals surface area contributed by atoms with E-state index in [-0.39, 0.29) is 16.5 Å². The maximum atomic E-state index is 12.1. The summed E-state index contributed by atoms with van der Waals surface area (Å²) in [5, 5.41) is 8.78. The van der Waals surface area contributed by atoms with Crippen molar-refractivity contribution in [2.75, 3.05) is 6.54 Å². The van der Waals surface area contributed by atoms with Crippen molar-refractivity contribution in [1.29, 1.82) is 0 Å². The molecule has 3 N–H and O–H groups in total. The first-order chi connectivity index (χ1) is 9.15. The van der Waals surface area contributed by atoms with Gasteiger partial charge in [0.05, 0.1) is 0 Å². The zero-order valence-corrected chi connectivity index (χ0v) is 13.0. The molecule has 0 atom stereocenters. The fourth-order valence-corrected chi connectivity index (χ4v) is 3.25. The number of rotatable bonds is 7. The number of H-pyrrole nitrogens is 1. The first-order valence-corrected chi connectivity index (χ1v) is 8.05. The minimum atomic E-state index is -3.68. The zero-order chi connectivity index (χ0) is 15.5. The van der Waals surface area contributed by atoms with E-state index in [0.717, 1.165) is 6.07 Å². The molecule has 0 radical (unpaired) electrons. The molecule has 0 bridgehead atoms. The van der Waals surface area contributed by atoms with Crippen molar-refractivity contribution in [2.45, 2.75) is 32.6 Å². The average molecular weight is 302 g/mol. The molecular weight excluding hydrogens is 280 g/mol. The Bertz CT molecular complexity index is 553. The fourth-order valence-electron chi connectivity index (χ4n) is 2.18. The molecule has 0 aromatic carbocycles. The van der Waals surface area contributed by atoms with E-state index >= 15 is 0 Å². The first kappa shape index (κ1) is 16.7. The van der Waals surface area contributed by atoms with E-state index in [0.29, 0.717) is 18.4 Å². The van der Waals surface area contributed by atoms with Crippen molar-refractivity contribution >= 4 is 16.0 Å². The minimum Gasteiger partial charge on any atom is -0.477 e. The monoisotopic (exact) mass is 302 g/mol. The van der Waals surface area contributed by atoms with Gasteiger partial charge in [-0.15, -0.1) is 0 Å². The average Bonchev–Trinajstić information content (AvgIpc) is 2.77. The summed E-state index contributed by atoms with van der Waals surface area (Å²) in [6.07, 6.45) is 1.19. The molecule has 114 valence electrons. The van der Waals surface area contributed by atoms with Gasteiger partial charge in [-0.05, 0) is 23.8 Å². The van der Waals surface area contributed by atoms with Crippen LogP contribution in [0.5, 0.6) is 0 Å². The van der Waals surface area contributed by atoms with Gasteiger partial charge < -0.3 is 10.1 Å². The Morgan fingerprint density at radius 2 is 1.85 bits per heavy atom. The SMILES string of the molecule is CC(C)C(CNS(=O)(=O)c1c[nH]c(C(=O)O)c1)C(C)C. The van der Waals surface area contributed by atoms with Crippen LogP contribution in [0, 0.1) is 17.8 Å². The molecule has 1 aromatic heterocycles. The number of sulfonamides is 1. The molecule has 0 amide bonds. The van der Waals surface area contributed by atoms with Crippen molar-refractivity contribution in [2.24, 2.45) is 17.8 Å². The van der Waals surface area contributed by atoms with Crippen molar-refractivity contribution in [3.63, 3.8) is 0 Å². The third-order valence-electron chi connectivity index (χ3n) is 3.42. The summed E-state index contributed by atoms with van der Waals surface area (Å²) in [7, 11) is -3.68. The van der Waals surface area contributed by atoms with Crippen LogP contribution >= 0.6 is 0 Å². The summed E-state index contributed by atoms with van der Waals surface area (Å²) in [5.74, 6) is -0.242. The molecule has 1 aromatic rings. The van der Waals surface area contributed by atoms with E-state index in [2.05, 4.69) is 37.4 Å². The molecule has 0 saturated carbocycles. The Hall–Kier alpha value is -1.34. The lowest BCUT2D eigenvalue weighted by atomic mass is 9.86. The molecule has 0 aliphatic carbocycles. The van der Waals surface area contributed by atoms with Gasteiger partial charge in [0, 0.05) is 12.7 Å². The van der Waals surface area contributed by atoms with Crippen LogP contribution in [0.3, 0.4) is 0 Å². The normalized spacial score (nSPS) is 12.6. The smallest absolute Gasteiger partial charge is 0.352 e. The second-order valence-electron chi connectivity index (χ2n) is 5.56. The first-order valence-electron chi connectivity index (χ1n) is 6.56. The van der Waals surface area contributed by atoms with Crippen molar-refractivity contribution < 1.29 is 18.3 Å². The molecule has 0 aliphatic heterocycles. The Kier molecular flexibility index (Phi) is 5.35. The van der Waals surface area contributed by atoms with Gasteiger partial charge in [-0.2, -0.15) is 0 Å². The van der Waals surface area contributed by atoms with Gasteiger partial charge in [-0.3, -0.25) is 0 Å². The molecule has 0 spiro atoms. The van der Waals surface area contributed by atoms with E-state index < -0.39 is 16.0 Å². The number of hydrogen-bond acceptors (Lipinski definition) is 3. The molecule has 0 unspecified atom stereocenters. The molecule has 20 heavy (non-hydrogen) atoms. The summed E-state index contributed by atoms with van der Waals surface area (Å²) < 4.78 is 26.7. The molecule has 0 fully saturated rings. The van der Waals surface area contributed by atoms with E-state index in [1.54, 1.807) is 0 Å². The molecule has 6 nitrogen and oxygen atoms in total. The molecule has 0 saturated heterocycles. The molecule has 1 heterocycles. The lowest BCUT2D eigenvalue weighted by Gasteiger charge is -2.24. The maximum absolute atomic E-state index is 12.1. The number of hydrogen-bond donors (Lipinski definition) is 3. The highest BCUT2D eigenvalue weighted by molar-refractivity contribution is 7.89. The second-order valence-corrected chi connectivity index (χ2v) is 7.32. The highest BCUT2D eigenvalue weighted by Crippen LogP contribution is 2.20.